The summed E-state index contributed by atoms with van der Waals surface area (Å²) in [5, 5.41) is 3.81. The van der Waals surface area contributed by atoms with E-state index in [1.54, 1.807) is 11.1 Å². The Labute approximate surface area is 131 Å². The van der Waals surface area contributed by atoms with Gasteiger partial charge in [0.2, 0.25) is 0 Å². The first kappa shape index (κ1) is 16.5. The van der Waals surface area contributed by atoms with Gasteiger partial charge in [-0.05, 0) is 62.1 Å². The zero-order valence-electron chi connectivity index (χ0n) is 14.0. The van der Waals surface area contributed by atoms with Gasteiger partial charge in [0.05, 0.1) is 0 Å². The van der Waals surface area contributed by atoms with Gasteiger partial charge in [-0.25, -0.2) is 0 Å². The molecule has 0 heterocycles. The molecule has 0 bridgehead atoms. The van der Waals surface area contributed by atoms with Gasteiger partial charge < -0.3 is 5.32 Å². The summed E-state index contributed by atoms with van der Waals surface area (Å²) in [5.41, 5.74) is 3.25. The zero-order valence-corrected chi connectivity index (χ0v) is 14.0. The van der Waals surface area contributed by atoms with Crippen LogP contribution >= 0.6 is 0 Å². The molecule has 0 saturated heterocycles. The summed E-state index contributed by atoms with van der Waals surface area (Å²) in [6, 6.07) is 9.86. The van der Waals surface area contributed by atoms with Crippen molar-refractivity contribution in [3.8, 4) is 0 Å². The summed E-state index contributed by atoms with van der Waals surface area (Å²) in [6.07, 6.45) is 12.1. The molecule has 0 radical (unpaired) electrons. The van der Waals surface area contributed by atoms with Gasteiger partial charge in [0.1, 0.15) is 0 Å². The predicted molar refractivity (Wildman–Crippen MR) is 93.0 cm³/mol. The monoisotopic (exact) mass is 287 g/mol. The second kappa shape index (κ2) is 9.25. The van der Waals surface area contributed by atoms with E-state index < -0.39 is 0 Å². The molecule has 0 spiro atoms. The van der Waals surface area contributed by atoms with Gasteiger partial charge in [0.25, 0.3) is 0 Å². The third kappa shape index (κ3) is 5.14. The molecule has 0 saturated carbocycles. The van der Waals surface area contributed by atoms with Gasteiger partial charge in [-0.15, -0.1) is 0 Å². The summed E-state index contributed by atoms with van der Waals surface area (Å²) in [5.74, 6) is 0.783. The van der Waals surface area contributed by atoms with E-state index in [2.05, 4.69) is 43.4 Å². The molecule has 1 N–H and O–H groups in total. The van der Waals surface area contributed by atoms with E-state index >= 15 is 0 Å². The first-order chi connectivity index (χ1) is 10.3. The van der Waals surface area contributed by atoms with Crippen LogP contribution in [0.15, 0.2) is 24.3 Å². The van der Waals surface area contributed by atoms with Crippen LogP contribution in [0.25, 0.3) is 0 Å². The van der Waals surface area contributed by atoms with Gasteiger partial charge in [0.15, 0.2) is 0 Å². The van der Waals surface area contributed by atoms with Crippen LogP contribution < -0.4 is 5.32 Å². The van der Waals surface area contributed by atoms with Gasteiger partial charge in [-0.3, -0.25) is 0 Å². The largest absolute Gasteiger partial charge is 0.314 e. The molecule has 0 fully saturated rings. The van der Waals surface area contributed by atoms with Crippen LogP contribution in [0.1, 0.15) is 82.3 Å². The van der Waals surface area contributed by atoms with Crippen molar-refractivity contribution < 1.29 is 0 Å². The highest BCUT2D eigenvalue weighted by Crippen LogP contribution is 2.35. The predicted octanol–water partition coefficient (Wildman–Crippen LogP) is 5.45. The van der Waals surface area contributed by atoms with Crippen molar-refractivity contribution >= 4 is 0 Å². The van der Waals surface area contributed by atoms with Crippen molar-refractivity contribution in [1.29, 1.82) is 0 Å². The minimum atomic E-state index is 0.715. The highest BCUT2D eigenvalue weighted by Gasteiger charge is 2.22. The first-order valence-electron chi connectivity index (χ1n) is 9.16. The molecule has 1 heteroatoms. The van der Waals surface area contributed by atoms with E-state index in [1.165, 1.54) is 64.3 Å². The molecule has 1 aliphatic carbocycles. The van der Waals surface area contributed by atoms with Crippen molar-refractivity contribution in [2.24, 2.45) is 0 Å². The normalized spacial score (nSPS) is 19.2. The lowest BCUT2D eigenvalue weighted by Gasteiger charge is -2.29. The average Bonchev–Trinajstić information content (AvgIpc) is 2.53. The maximum Gasteiger partial charge on any atom is 0.00728 e. The number of benzene rings is 1. The fourth-order valence-electron chi connectivity index (χ4n) is 3.74. The van der Waals surface area contributed by atoms with Crippen LogP contribution in [0.3, 0.4) is 0 Å². The first-order valence-corrected chi connectivity index (χ1v) is 9.16. The fraction of sp³-hybridized carbons (Fsp3) is 0.700. The van der Waals surface area contributed by atoms with E-state index in [-0.39, 0.29) is 0 Å². The van der Waals surface area contributed by atoms with Crippen LogP contribution in [0.5, 0.6) is 0 Å². The smallest absolute Gasteiger partial charge is 0.00728 e. The van der Waals surface area contributed by atoms with Gasteiger partial charge in [-0.1, -0.05) is 57.4 Å². The van der Waals surface area contributed by atoms with Crippen molar-refractivity contribution in [3.05, 3.63) is 35.4 Å². The lowest BCUT2D eigenvalue weighted by atomic mass is 9.79. The molecular formula is C20H33N. The Morgan fingerprint density at radius 1 is 1.14 bits per heavy atom. The quantitative estimate of drug-likeness (QED) is 0.596. The van der Waals surface area contributed by atoms with Crippen molar-refractivity contribution in [1.82, 2.24) is 5.32 Å². The number of hydrogen-bond donors (Lipinski definition) is 1. The molecule has 1 aromatic rings. The fourth-order valence-corrected chi connectivity index (χ4v) is 3.74. The maximum atomic E-state index is 3.81. The van der Waals surface area contributed by atoms with Gasteiger partial charge >= 0.3 is 0 Å². The van der Waals surface area contributed by atoms with E-state index in [1.807, 2.05) is 0 Å². The minimum Gasteiger partial charge on any atom is -0.314 e. The molecule has 0 aromatic heterocycles. The number of unbranched alkanes of at least 4 members (excludes halogenated alkanes) is 2. The molecule has 1 nitrogen and oxygen atoms in total. The summed E-state index contributed by atoms with van der Waals surface area (Å²) in [7, 11) is 0. The van der Waals surface area contributed by atoms with E-state index in [4.69, 9.17) is 0 Å². The third-order valence-electron chi connectivity index (χ3n) is 4.90. The van der Waals surface area contributed by atoms with E-state index in [0.29, 0.717) is 6.04 Å². The third-order valence-corrected chi connectivity index (χ3v) is 4.90. The van der Waals surface area contributed by atoms with E-state index in [9.17, 15) is 0 Å². The molecule has 2 unspecified atom stereocenters. The topological polar surface area (TPSA) is 12.0 Å². The van der Waals surface area contributed by atoms with Crippen LogP contribution in [0.2, 0.25) is 0 Å². The molecule has 1 aromatic carbocycles. The number of fused-ring (bicyclic) bond motifs is 1. The Morgan fingerprint density at radius 2 is 2.00 bits per heavy atom. The van der Waals surface area contributed by atoms with Gasteiger partial charge in [0, 0.05) is 6.04 Å². The van der Waals surface area contributed by atoms with Crippen molar-refractivity contribution in [3.63, 3.8) is 0 Å². The summed E-state index contributed by atoms with van der Waals surface area (Å²) < 4.78 is 0. The molecule has 2 rings (SSSR count). The number of hydrogen-bond acceptors (Lipinski definition) is 1. The van der Waals surface area contributed by atoms with Gasteiger partial charge in [-0.2, -0.15) is 0 Å². The molecule has 2 atom stereocenters. The highest BCUT2D eigenvalue weighted by molar-refractivity contribution is 5.32. The molecule has 118 valence electrons. The van der Waals surface area contributed by atoms with Crippen LogP contribution in [-0.4, -0.2) is 12.6 Å². The lowest BCUT2D eigenvalue weighted by molar-refractivity contribution is 0.383. The highest BCUT2D eigenvalue weighted by atomic mass is 14.9. The standard InChI is InChI=1S/C20H33N/c1-3-5-6-13-19(21-15-4-2)16-18-12-9-11-17-10-7-8-14-20(17)18/h7-8,10,14,18-19,21H,3-6,9,11-13,15-16H2,1-2H3. The summed E-state index contributed by atoms with van der Waals surface area (Å²) in [6.45, 7) is 5.74. The number of nitrogens with one attached hydrogen (secondary N) is 1. The maximum absolute atomic E-state index is 3.81. The van der Waals surface area contributed by atoms with Crippen LogP contribution in [0, 0.1) is 0 Å². The summed E-state index contributed by atoms with van der Waals surface area (Å²) >= 11 is 0. The molecule has 21 heavy (non-hydrogen) atoms. The van der Waals surface area contributed by atoms with Crippen molar-refractivity contribution in [2.75, 3.05) is 6.54 Å². The van der Waals surface area contributed by atoms with E-state index in [0.717, 1.165) is 5.92 Å². The number of aryl methyl sites for hydroxylation is 1. The Balaban J connectivity index is 1.95. The Kier molecular flexibility index (Phi) is 7.29. The molecule has 0 aliphatic heterocycles. The van der Waals surface area contributed by atoms with Crippen LogP contribution in [0.4, 0.5) is 0 Å². The summed E-state index contributed by atoms with van der Waals surface area (Å²) in [4.78, 5) is 0. The Hall–Kier alpha value is -0.820. The Morgan fingerprint density at radius 3 is 2.81 bits per heavy atom. The minimum absolute atomic E-state index is 0.715. The second-order valence-electron chi connectivity index (χ2n) is 6.67. The van der Waals surface area contributed by atoms with Crippen molar-refractivity contribution in [2.45, 2.75) is 83.6 Å². The lowest BCUT2D eigenvalue weighted by Crippen LogP contribution is -2.32. The molecular weight excluding hydrogens is 254 g/mol. The number of rotatable bonds is 9. The zero-order chi connectivity index (χ0) is 14.9. The molecule has 1 aliphatic rings. The average molecular weight is 287 g/mol. The SMILES string of the molecule is CCCCCC(CC1CCCc2ccccc21)NCCC. The van der Waals surface area contributed by atoms with Crippen LogP contribution in [-0.2, 0) is 6.42 Å². The second-order valence-corrected chi connectivity index (χ2v) is 6.67. The Bertz CT molecular complexity index is 399. The molecule has 0 amide bonds.